The van der Waals surface area contributed by atoms with Gasteiger partial charge in [0, 0.05) is 17.6 Å². The number of rotatable bonds is 10. The molecule has 186 valence electrons. The van der Waals surface area contributed by atoms with E-state index in [4.69, 9.17) is 32.7 Å². The van der Waals surface area contributed by atoms with Crippen molar-refractivity contribution in [1.82, 2.24) is 9.62 Å². The Morgan fingerprint density at radius 1 is 0.914 bits per heavy atom. The molecule has 1 amide bonds. The summed E-state index contributed by atoms with van der Waals surface area (Å²) >= 11 is 15.4. The fourth-order valence-electron chi connectivity index (χ4n) is 3.23. The van der Waals surface area contributed by atoms with E-state index >= 15 is 0 Å². The van der Waals surface area contributed by atoms with Gasteiger partial charge in [-0.2, -0.15) is 4.31 Å². The topological polar surface area (TPSA) is 84.9 Å². The van der Waals surface area contributed by atoms with Crippen molar-refractivity contribution < 1.29 is 22.7 Å². The van der Waals surface area contributed by atoms with Crippen molar-refractivity contribution in [3.8, 4) is 11.5 Å². The average molecular weight is 602 g/mol. The van der Waals surface area contributed by atoms with Crippen LogP contribution in [-0.4, -0.2) is 39.4 Å². The predicted octanol–water partition coefficient (Wildman–Crippen LogP) is 5.28. The zero-order chi connectivity index (χ0) is 25.6. The first-order valence-electron chi connectivity index (χ1n) is 10.3. The third-order valence-corrected chi connectivity index (χ3v) is 8.13. The molecule has 11 heteroatoms. The van der Waals surface area contributed by atoms with E-state index in [1.54, 1.807) is 48.5 Å². The Morgan fingerprint density at radius 3 is 2.20 bits per heavy atom. The highest BCUT2D eigenvalue weighted by atomic mass is 79.9. The Labute approximate surface area is 223 Å². The van der Waals surface area contributed by atoms with Crippen LogP contribution < -0.4 is 14.8 Å². The number of sulfonamides is 1. The second-order valence-corrected chi connectivity index (χ2v) is 11.1. The number of carbonyl (C=O) groups is 1. The van der Waals surface area contributed by atoms with Gasteiger partial charge in [-0.15, -0.1) is 0 Å². The quantitative estimate of drug-likeness (QED) is 0.342. The molecule has 0 saturated heterocycles. The molecule has 0 aliphatic heterocycles. The number of benzene rings is 3. The number of ether oxygens (including phenoxy) is 2. The first-order valence-corrected chi connectivity index (χ1v) is 13.3. The summed E-state index contributed by atoms with van der Waals surface area (Å²) in [5.41, 5.74) is 1.36. The highest BCUT2D eigenvalue weighted by Gasteiger charge is 2.27. The first kappa shape index (κ1) is 27.3. The maximum absolute atomic E-state index is 13.4. The summed E-state index contributed by atoms with van der Waals surface area (Å²) in [5, 5.41) is 3.41. The van der Waals surface area contributed by atoms with Gasteiger partial charge in [-0.3, -0.25) is 4.79 Å². The number of carbonyl (C=O) groups excluding carboxylic acids is 1. The third kappa shape index (κ3) is 7.11. The Hall–Kier alpha value is -2.30. The highest BCUT2D eigenvalue weighted by molar-refractivity contribution is 9.10. The molecule has 0 heterocycles. The molecule has 0 aromatic heterocycles. The molecular formula is C24H23BrCl2N2O5S. The average Bonchev–Trinajstić information content (AvgIpc) is 2.84. The molecule has 0 bridgehead atoms. The zero-order valence-electron chi connectivity index (χ0n) is 18.9. The fraction of sp³-hybridized carbons (Fsp3) is 0.208. The van der Waals surface area contributed by atoms with E-state index in [1.165, 1.54) is 26.4 Å². The van der Waals surface area contributed by atoms with Crippen molar-refractivity contribution in [2.24, 2.45) is 0 Å². The molecule has 3 aromatic carbocycles. The highest BCUT2D eigenvalue weighted by Crippen LogP contribution is 2.28. The van der Waals surface area contributed by atoms with Gasteiger partial charge in [-0.05, 0) is 59.7 Å². The number of methoxy groups -OCH3 is 2. The molecule has 3 aromatic rings. The standard InChI is InChI=1S/C24H23BrCl2N2O5S/c1-33-22-10-4-16(12-23(22)34-2)13-28-24(30)15-29(14-17-3-9-20(26)21(27)11-17)35(31,32)19-7-5-18(25)6-8-19/h3-12H,13-15H2,1-2H3,(H,28,30). The molecule has 3 rings (SSSR count). The number of nitrogens with zero attached hydrogens (tertiary/aromatic N) is 1. The van der Waals surface area contributed by atoms with E-state index < -0.39 is 22.5 Å². The summed E-state index contributed by atoms with van der Waals surface area (Å²) in [4.78, 5) is 12.9. The predicted molar refractivity (Wildman–Crippen MR) is 140 cm³/mol. The van der Waals surface area contributed by atoms with E-state index in [9.17, 15) is 13.2 Å². The summed E-state index contributed by atoms with van der Waals surface area (Å²) < 4.78 is 39.2. The van der Waals surface area contributed by atoms with Gasteiger partial charge in [0.15, 0.2) is 11.5 Å². The molecule has 0 spiro atoms. The van der Waals surface area contributed by atoms with Crippen molar-refractivity contribution >= 4 is 55.1 Å². The zero-order valence-corrected chi connectivity index (χ0v) is 22.8. The van der Waals surface area contributed by atoms with Crippen LogP contribution in [0.25, 0.3) is 0 Å². The minimum atomic E-state index is -4.00. The summed E-state index contributed by atoms with van der Waals surface area (Å²) in [7, 11) is -0.940. The van der Waals surface area contributed by atoms with Gasteiger partial charge in [-0.1, -0.05) is 51.3 Å². The molecule has 35 heavy (non-hydrogen) atoms. The summed E-state index contributed by atoms with van der Waals surface area (Å²) in [6.45, 7) is -0.289. The molecule has 0 atom stereocenters. The lowest BCUT2D eigenvalue weighted by molar-refractivity contribution is -0.121. The van der Waals surface area contributed by atoms with E-state index in [0.29, 0.717) is 27.1 Å². The van der Waals surface area contributed by atoms with Crippen LogP contribution in [0.5, 0.6) is 11.5 Å². The molecule has 0 aliphatic rings. The lowest BCUT2D eigenvalue weighted by atomic mass is 10.2. The van der Waals surface area contributed by atoms with Crippen molar-refractivity contribution in [2.75, 3.05) is 20.8 Å². The van der Waals surface area contributed by atoms with Crippen LogP contribution in [0.1, 0.15) is 11.1 Å². The number of amides is 1. The van der Waals surface area contributed by atoms with Crippen LogP contribution in [0, 0.1) is 0 Å². The van der Waals surface area contributed by atoms with Gasteiger partial charge in [0.25, 0.3) is 0 Å². The fourth-order valence-corrected chi connectivity index (χ4v) is 5.20. The summed E-state index contributed by atoms with van der Waals surface area (Å²) in [5.74, 6) is 0.620. The van der Waals surface area contributed by atoms with E-state index in [-0.39, 0.29) is 18.0 Å². The van der Waals surface area contributed by atoms with E-state index in [2.05, 4.69) is 21.2 Å². The molecule has 0 fully saturated rings. The first-order chi connectivity index (χ1) is 16.6. The smallest absolute Gasteiger partial charge is 0.243 e. The number of nitrogens with one attached hydrogen (secondary N) is 1. The Kier molecular flexibility index (Phi) is 9.43. The van der Waals surface area contributed by atoms with Gasteiger partial charge in [-0.25, -0.2) is 8.42 Å². The Bertz CT molecular complexity index is 1300. The van der Waals surface area contributed by atoms with Gasteiger partial charge < -0.3 is 14.8 Å². The maximum atomic E-state index is 13.4. The third-order valence-electron chi connectivity index (χ3n) is 5.05. The molecule has 7 nitrogen and oxygen atoms in total. The molecule has 0 unspecified atom stereocenters. The lowest BCUT2D eigenvalue weighted by Gasteiger charge is -2.22. The van der Waals surface area contributed by atoms with Crippen molar-refractivity contribution in [3.63, 3.8) is 0 Å². The normalized spacial score (nSPS) is 11.4. The lowest BCUT2D eigenvalue weighted by Crippen LogP contribution is -2.40. The van der Waals surface area contributed by atoms with Crippen LogP contribution in [-0.2, 0) is 27.9 Å². The van der Waals surface area contributed by atoms with E-state index in [0.717, 1.165) is 14.3 Å². The molecule has 0 radical (unpaired) electrons. The maximum Gasteiger partial charge on any atom is 0.243 e. The second kappa shape index (κ2) is 12.1. The Balaban J connectivity index is 1.81. The van der Waals surface area contributed by atoms with Crippen LogP contribution in [0.3, 0.4) is 0 Å². The summed E-state index contributed by atoms with van der Waals surface area (Å²) in [6.07, 6.45) is 0. The van der Waals surface area contributed by atoms with Crippen LogP contribution in [0.15, 0.2) is 70.0 Å². The SMILES string of the molecule is COc1ccc(CNC(=O)CN(Cc2ccc(Cl)c(Cl)c2)S(=O)(=O)c2ccc(Br)cc2)cc1OC. The van der Waals surface area contributed by atoms with Gasteiger partial charge in [0.2, 0.25) is 15.9 Å². The van der Waals surface area contributed by atoms with Crippen LogP contribution >= 0.6 is 39.1 Å². The number of hydrogen-bond donors (Lipinski definition) is 1. The molecule has 0 aliphatic carbocycles. The van der Waals surface area contributed by atoms with Crippen molar-refractivity contribution in [1.29, 1.82) is 0 Å². The molecule has 0 saturated carbocycles. The second-order valence-electron chi connectivity index (χ2n) is 7.44. The minimum absolute atomic E-state index is 0.0634. The largest absolute Gasteiger partial charge is 0.493 e. The Morgan fingerprint density at radius 2 is 1.57 bits per heavy atom. The van der Waals surface area contributed by atoms with Crippen molar-refractivity contribution in [2.45, 2.75) is 18.0 Å². The molecule has 1 N–H and O–H groups in total. The van der Waals surface area contributed by atoms with Gasteiger partial charge >= 0.3 is 0 Å². The van der Waals surface area contributed by atoms with Crippen molar-refractivity contribution in [3.05, 3.63) is 86.3 Å². The number of halogens is 3. The van der Waals surface area contributed by atoms with Gasteiger partial charge in [0.05, 0.1) is 35.7 Å². The van der Waals surface area contributed by atoms with Crippen LogP contribution in [0.4, 0.5) is 0 Å². The van der Waals surface area contributed by atoms with E-state index in [1.807, 2.05) is 0 Å². The van der Waals surface area contributed by atoms with Gasteiger partial charge in [0.1, 0.15) is 0 Å². The molecular weight excluding hydrogens is 579 g/mol. The summed E-state index contributed by atoms with van der Waals surface area (Å²) in [6, 6.07) is 16.3. The minimum Gasteiger partial charge on any atom is -0.493 e. The number of hydrogen-bond acceptors (Lipinski definition) is 5. The monoisotopic (exact) mass is 600 g/mol. The van der Waals surface area contributed by atoms with Crippen LogP contribution in [0.2, 0.25) is 10.0 Å².